The number of hydrogen-bond donors (Lipinski definition) is 1. The lowest BCUT2D eigenvalue weighted by Gasteiger charge is -2.31. The SMILES string of the molecule is CC(C)(Oc1ccc(CN(c2nc3ccccc3o2)C(CS(=O)(=O)c2ccccc2)c2ccccc2)cc1)C(=O)O. The van der Waals surface area contributed by atoms with Crippen LogP contribution in [0.2, 0.25) is 0 Å². The molecule has 0 saturated heterocycles. The van der Waals surface area contributed by atoms with Crippen molar-refractivity contribution in [3.63, 3.8) is 0 Å². The predicted octanol–water partition coefficient (Wildman–Crippen LogP) is 6.29. The Hall–Kier alpha value is -4.63. The van der Waals surface area contributed by atoms with Gasteiger partial charge in [-0.05, 0) is 61.4 Å². The Morgan fingerprint density at radius 1 is 0.902 bits per heavy atom. The molecule has 1 unspecified atom stereocenters. The predicted molar refractivity (Wildman–Crippen MR) is 157 cm³/mol. The van der Waals surface area contributed by atoms with Gasteiger partial charge in [-0.15, -0.1) is 0 Å². The van der Waals surface area contributed by atoms with Crippen LogP contribution in [-0.2, 0) is 21.2 Å². The van der Waals surface area contributed by atoms with E-state index in [0.717, 1.165) is 11.1 Å². The summed E-state index contributed by atoms with van der Waals surface area (Å²) in [6, 6.07) is 31.9. The van der Waals surface area contributed by atoms with Crippen molar-refractivity contribution in [2.24, 2.45) is 0 Å². The number of aromatic nitrogens is 1. The van der Waals surface area contributed by atoms with E-state index >= 15 is 0 Å². The number of carbonyl (C=O) groups is 1. The fourth-order valence-electron chi connectivity index (χ4n) is 4.47. The van der Waals surface area contributed by atoms with E-state index in [-0.39, 0.29) is 23.2 Å². The summed E-state index contributed by atoms with van der Waals surface area (Å²) in [5.74, 6) is -0.886. The van der Waals surface area contributed by atoms with Gasteiger partial charge in [0.1, 0.15) is 11.3 Å². The number of ether oxygens (including phenoxy) is 1. The third kappa shape index (κ3) is 6.41. The largest absolute Gasteiger partial charge is 0.478 e. The average Bonchev–Trinajstić information content (AvgIpc) is 3.40. The third-order valence-electron chi connectivity index (χ3n) is 6.73. The lowest BCUT2D eigenvalue weighted by Crippen LogP contribution is -2.37. The van der Waals surface area contributed by atoms with E-state index in [1.54, 1.807) is 42.5 Å². The van der Waals surface area contributed by atoms with Gasteiger partial charge < -0.3 is 19.2 Å². The molecule has 0 aliphatic heterocycles. The number of nitrogens with zero attached hydrogens (tertiary/aromatic N) is 2. The van der Waals surface area contributed by atoms with E-state index in [0.29, 0.717) is 16.8 Å². The first-order valence-electron chi connectivity index (χ1n) is 13.1. The summed E-state index contributed by atoms with van der Waals surface area (Å²) >= 11 is 0. The molecule has 210 valence electrons. The van der Waals surface area contributed by atoms with Crippen LogP contribution in [0.3, 0.4) is 0 Å². The van der Waals surface area contributed by atoms with Crippen molar-refractivity contribution in [1.82, 2.24) is 4.98 Å². The van der Waals surface area contributed by atoms with Gasteiger partial charge in [0.2, 0.25) is 0 Å². The number of benzene rings is 4. The van der Waals surface area contributed by atoms with Gasteiger partial charge in [0.05, 0.1) is 16.7 Å². The van der Waals surface area contributed by atoms with Crippen molar-refractivity contribution in [2.45, 2.75) is 36.9 Å². The molecule has 5 rings (SSSR count). The Kier molecular flexibility index (Phi) is 7.81. The van der Waals surface area contributed by atoms with E-state index in [9.17, 15) is 18.3 Å². The smallest absolute Gasteiger partial charge is 0.347 e. The van der Waals surface area contributed by atoms with Gasteiger partial charge in [0.25, 0.3) is 6.01 Å². The summed E-state index contributed by atoms with van der Waals surface area (Å²) in [6.45, 7) is 3.23. The van der Waals surface area contributed by atoms with Crippen molar-refractivity contribution in [3.05, 3.63) is 120 Å². The number of fused-ring (bicyclic) bond motifs is 1. The fourth-order valence-corrected chi connectivity index (χ4v) is 6.02. The monoisotopic (exact) mass is 570 g/mol. The highest BCUT2D eigenvalue weighted by Crippen LogP contribution is 2.34. The highest BCUT2D eigenvalue weighted by Gasteiger charge is 2.32. The van der Waals surface area contributed by atoms with Gasteiger partial charge >= 0.3 is 5.97 Å². The van der Waals surface area contributed by atoms with E-state index in [1.807, 2.05) is 71.6 Å². The Morgan fingerprint density at radius 3 is 2.15 bits per heavy atom. The zero-order chi connectivity index (χ0) is 29.0. The van der Waals surface area contributed by atoms with Crippen LogP contribution < -0.4 is 9.64 Å². The number of carboxylic acids is 1. The second-order valence-electron chi connectivity index (χ2n) is 10.2. The normalized spacial score (nSPS) is 12.6. The standard InChI is InChI=1S/C32H30N2O6S/c1-32(2,30(35)36)40-25-19-17-23(18-20-25)21-34(31-33-27-15-9-10-16-29(27)39-31)28(24-11-5-3-6-12-24)22-41(37,38)26-13-7-4-8-14-26/h3-20,28H,21-22H2,1-2H3,(H,35,36). The highest BCUT2D eigenvalue weighted by molar-refractivity contribution is 7.91. The fraction of sp³-hybridized carbons (Fsp3) is 0.188. The zero-order valence-corrected chi connectivity index (χ0v) is 23.5. The van der Waals surface area contributed by atoms with E-state index in [1.165, 1.54) is 13.8 Å². The zero-order valence-electron chi connectivity index (χ0n) is 22.7. The number of sulfone groups is 1. The van der Waals surface area contributed by atoms with Crippen LogP contribution in [0.5, 0.6) is 5.75 Å². The van der Waals surface area contributed by atoms with Crippen LogP contribution in [0, 0.1) is 0 Å². The lowest BCUT2D eigenvalue weighted by molar-refractivity contribution is -0.152. The van der Waals surface area contributed by atoms with E-state index in [4.69, 9.17) is 14.1 Å². The Balaban J connectivity index is 1.56. The average molecular weight is 571 g/mol. The molecule has 8 nitrogen and oxygen atoms in total. The summed E-state index contributed by atoms with van der Waals surface area (Å²) in [7, 11) is -3.70. The van der Waals surface area contributed by atoms with Gasteiger partial charge in [0, 0.05) is 6.54 Å². The van der Waals surface area contributed by atoms with Crippen molar-refractivity contribution in [1.29, 1.82) is 0 Å². The van der Waals surface area contributed by atoms with Crippen LogP contribution >= 0.6 is 0 Å². The van der Waals surface area contributed by atoms with Crippen LogP contribution in [0.4, 0.5) is 6.01 Å². The molecule has 1 aromatic heterocycles. The minimum absolute atomic E-state index is 0.215. The Labute approximate surface area is 238 Å². The quantitative estimate of drug-likeness (QED) is 0.197. The van der Waals surface area contributed by atoms with Gasteiger partial charge in [-0.25, -0.2) is 13.2 Å². The molecule has 5 aromatic rings. The maximum atomic E-state index is 13.7. The summed E-state index contributed by atoms with van der Waals surface area (Å²) in [5, 5.41) is 9.41. The minimum Gasteiger partial charge on any atom is -0.478 e. The van der Waals surface area contributed by atoms with E-state index < -0.39 is 27.4 Å². The highest BCUT2D eigenvalue weighted by atomic mass is 32.2. The van der Waals surface area contributed by atoms with Gasteiger partial charge in [-0.2, -0.15) is 4.98 Å². The molecule has 1 atom stereocenters. The second kappa shape index (κ2) is 11.5. The molecule has 4 aromatic carbocycles. The van der Waals surface area contributed by atoms with E-state index in [2.05, 4.69) is 0 Å². The molecule has 0 radical (unpaired) electrons. The number of hydrogen-bond acceptors (Lipinski definition) is 7. The molecule has 0 saturated carbocycles. The molecule has 1 heterocycles. The summed E-state index contributed by atoms with van der Waals surface area (Å²) in [5.41, 5.74) is 1.47. The van der Waals surface area contributed by atoms with Crippen molar-refractivity contribution in [3.8, 4) is 5.75 Å². The topological polar surface area (TPSA) is 110 Å². The van der Waals surface area contributed by atoms with Crippen LogP contribution in [0.25, 0.3) is 11.1 Å². The van der Waals surface area contributed by atoms with Gasteiger partial charge in [-0.3, -0.25) is 0 Å². The maximum Gasteiger partial charge on any atom is 0.347 e. The van der Waals surface area contributed by atoms with Crippen LogP contribution in [0.1, 0.15) is 31.0 Å². The lowest BCUT2D eigenvalue weighted by atomic mass is 10.1. The Bertz CT molecular complexity index is 1700. The molecule has 0 aliphatic rings. The molecule has 41 heavy (non-hydrogen) atoms. The number of carboxylic acid groups (broad SMARTS) is 1. The molecule has 0 fully saturated rings. The first-order valence-corrected chi connectivity index (χ1v) is 14.7. The Morgan fingerprint density at radius 2 is 1.51 bits per heavy atom. The summed E-state index contributed by atoms with van der Waals surface area (Å²) in [4.78, 5) is 18.3. The minimum atomic E-state index is -3.70. The molecule has 0 amide bonds. The van der Waals surface area contributed by atoms with Crippen molar-refractivity contribution >= 4 is 32.9 Å². The first kappa shape index (κ1) is 27.9. The molecule has 0 bridgehead atoms. The van der Waals surface area contributed by atoms with Crippen LogP contribution in [0.15, 0.2) is 119 Å². The van der Waals surface area contributed by atoms with Crippen molar-refractivity contribution < 1.29 is 27.5 Å². The molecular weight excluding hydrogens is 540 g/mol. The molecule has 0 aliphatic carbocycles. The number of oxazole rings is 1. The van der Waals surface area contributed by atoms with Crippen molar-refractivity contribution in [2.75, 3.05) is 10.7 Å². The first-order chi connectivity index (χ1) is 19.6. The van der Waals surface area contributed by atoms with Gasteiger partial charge in [-0.1, -0.05) is 72.8 Å². The maximum absolute atomic E-state index is 13.7. The number of anilines is 1. The number of aliphatic carboxylic acids is 1. The van der Waals surface area contributed by atoms with Gasteiger partial charge in [0.15, 0.2) is 21.0 Å². The number of para-hydroxylation sites is 2. The molecule has 1 N–H and O–H groups in total. The number of rotatable bonds is 11. The summed E-state index contributed by atoms with van der Waals surface area (Å²) < 4.78 is 39.2. The molecule has 0 spiro atoms. The second-order valence-corrected chi connectivity index (χ2v) is 12.2. The summed E-state index contributed by atoms with van der Waals surface area (Å²) in [6.07, 6.45) is 0. The van der Waals surface area contributed by atoms with Crippen LogP contribution in [-0.4, -0.2) is 35.8 Å². The molecule has 9 heteroatoms. The molecular formula is C32H30N2O6S. The third-order valence-corrected chi connectivity index (χ3v) is 8.48.